The number of allylic oxidation sites excluding steroid dienone is 1. The van der Waals surface area contributed by atoms with E-state index in [2.05, 4.69) is 32.6 Å². The highest BCUT2D eigenvalue weighted by molar-refractivity contribution is 9.10. The van der Waals surface area contributed by atoms with Crippen molar-refractivity contribution in [1.82, 2.24) is 5.32 Å². The van der Waals surface area contributed by atoms with E-state index in [1.54, 1.807) is 12.1 Å². The Morgan fingerprint density at radius 1 is 1.11 bits per heavy atom. The van der Waals surface area contributed by atoms with E-state index in [1.807, 2.05) is 26.0 Å². The number of methoxy groups -OCH3 is 2. The lowest BCUT2D eigenvalue weighted by molar-refractivity contribution is -0.150. The van der Waals surface area contributed by atoms with E-state index in [0.717, 1.165) is 34.5 Å². The first-order valence-electron chi connectivity index (χ1n) is 11.0. The number of aryl methyl sites for hydroxylation is 2. The number of carbonyl (C=O) groups is 4. The zero-order valence-electron chi connectivity index (χ0n) is 20.5. The Kier molecular flexibility index (Phi) is 9.13. The molecule has 0 bridgehead atoms. The predicted octanol–water partition coefficient (Wildman–Crippen LogP) is 3.96. The molecule has 11 heteroatoms. The second kappa shape index (κ2) is 12.1. The van der Waals surface area contributed by atoms with Crippen LogP contribution < -0.4 is 10.6 Å². The van der Waals surface area contributed by atoms with Gasteiger partial charge in [-0.15, -0.1) is 0 Å². The molecule has 0 unspecified atom stereocenters. The number of esters is 2. The van der Waals surface area contributed by atoms with Crippen LogP contribution in [0, 0.1) is 31.1 Å². The molecule has 0 spiro atoms. The van der Waals surface area contributed by atoms with Crippen LogP contribution in [0.5, 0.6) is 0 Å². The molecule has 37 heavy (non-hydrogen) atoms. The van der Waals surface area contributed by atoms with Crippen molar-refractivity contribution in [2.24, 2.45) is 5.92 Å². The van der Waals surface area contributed by atoms with Crippen molar-refractivity contribution in [3.8, 4) is 6.07 Å². The van der Waals surface area contributed by atoms with Crippen molar-refractivity contribution in [3.63, 3.8) is 0 Å². The maximum Gasteiger partial charge on any atom is 0.337 e. The van der Waals surface area contributed by atoms with E-state index in [4.69, 9.17) is 9.47 Å². The van der Waals surface area contributed by atoms with Gasteiger partial charge in [-0.1, -0.05) is 39.8 Å². The summed E-state index contributed by atoms with van der Waals surface area (Å²) >= 11 is 4.41. The number of ether oxygens (including phenoxy) is 2. The number of nitrogens with zero attached hydrogens (tertiary/aromatic N) is 1. The zero-order chi connectivity index (χ0) is 27.3. The number of hydrogen-bond acceptors (Lipinski definition) is 8. The van der Waals surface area contributed by atoms with Crippen LogP contribution in [0.4, 0.5) is 5.69 Å². The lowest BCUT2D eigenvalue weighted by Crippen LogP contribution is -2.44. The van der Waals surface area contributed by atoms with Crippen molar-refractivity contribution >= 4 is 57.1 Å². The van der Waals surface area contributed by atoms with Crippen LogP contribution in [-0.2, 0) is 23.9 Å². The van der Waals surface area contributed by atoms with Gasteiger partial charge in [0.1, 0.15) is 5.92 Å². The van der Waals surface area contributed by atoms with Gasteiger partial charge in [-0.3, -0.25) is 14.4 Å². The normalized spacial score (nSPS) is 16.9. The molecule has 1 aliphatic rings. The lowest BCUT2D eigenvalue weighted by Gasteiger charge is -2.31. The third kappa shape index (κ3) is 6.21. The monoisotopic (exact) mass is 585 g/mol. The molecular weight excluding hydrogens is 562 g/mol. The van der Waals surface area contributed by atoms with Crippen LogP contribution in [0.25, 0.3) is 0 Å². The summed E-state index contributed by atoms with van der Waals surface area (Å²) in [4.78, 5) is 50.1. The Balaban J connectivity index is 1.92. The van der Waals surface area contributed by atoms with E-state index in [1.165, 1.54) is 19.2 Å². The highest BCUT2D eigenvalue weighted by Crippen LogP contribution is 2.40. The molecule has 1 aliphatic heterocycles. The highest BCUT2D eigenvalue weighted by Gasteiger charge is 2.44. The van der Waals surface area contributed by atoms with Gasteiger partial charge in [-0.2, -0.15) is 5.26 Å². The molecule has 2 amide bonds. The lowest BCUT2D eigenvalue weighted by atomic mass is 9.78. The van der Waals surface area contributed by atoms with Crippen LogP contribution in [0.3, 0.4) is 0 Å². The first kappa shape index (κ1) is 28.0. The quantitative estimate of drug-likeness (QED) is 0.368. The molecule has 0 fully saturated rings. The summed E-state index contributed by atoms with van der Waals surface area (Å²) in [5, 5.41) is 15.7. The molecule has 192 valence electrons. The molecule has 3 rings (SSSR count). The van der Waals surface area contributed by atoms with Crippen molar-refractivity contribution in [2.45, 2.75) is 19.8 Å². The number of rotatable bonds is 7. The zero-order valence-corrected chi connectivity index (χ0v) is 22.9. The molecule has 2 aromatic rings. The topological polar surface area (TPSA) is 135 Å². The van der Waals surface area contributed by atoms with Crippen molar-refractivity contribution in [1.29, 1.82) is 5.26 Å². The second-order valence-electron chi connectivity index (χ2n) is 8.19. The fraction of sp³-hybridized carbons (Fsp3) is 0.269. The van der Waals surface area contributed by atoms with Crippen LogP contribution in [0.15, 0.2) is 51.5 Å². The third-order valence-electron chi connectivity index (χ3n) is 5.78. The number of carbonyl (C=O) groups excluding carboxylic acids is 4. The average molecular weight is 586 g/mol. The van der Waals surface area contributed by atoms with Gasteiger partial charge >= 0.3 is 11.9 Å². The smallest absolute Gasteiger partial charge is 0.337 e. The molecule has 2 aromatic carbocycles. The van der Waals surface area contributed by atoms with Gasteiger partial charge < -0.3 is 20.1 Å². The Labute approximate surface area is 226 Å². The van der Waals surface area contributed by atoms with Gasteiger partial charge in [0, 0.05) is 16.1 Å². The van der Waals surface area contributed by atoms with Crippen LogP contribution in [0.1, 0.15) is 33.0 Å². The number of halogens is 1. The van der Waals surface area contributed by atoms with E-state index in [-0.39, 0.29) is 27.8 Å². The molecule has 2 N–H and O–H groups in total. The second-order valence-corrected chi connectivity index (χ2v) is 10.1. The number of nitrogens with one attached hydrogen (secondary N) is 2. The number of anilines is 1. The van der Waals surface area contributed by atoms with Crippen LogP contribution in [0.2, 0.25) is 0 Å². The average Bonchev–Trinajstić information content (AvgIpc) is 2.88. The Morgan fingerprint density at radius 3 is 2.27 bits per heavy atom. The van der Waals surface area contributed by atoms with E-state index in [9.17, 15) is 24.4 Å². The van der Waals surface area contributed by atoms with Gasteiger partial charge in [0.05, 0.1) is 42.2 Å². The minimum Gasteiger partial charge on any atom is -0.468 e. The van der Waals surface area contributed by atoms with Gasteiger partial charge in [-0.05, 0) is 54.8 Å². The molecule has 2 atom stereocenters. The SMILES string of the molecule is COC(=O)c1ccc([C@H]2C(C#N)=C(SCC(=O)Nc3c(C)cc(Br)cc3C)NC(=O)[C@H]2C(=O)OC)cc1. The summed E-state index contributed by atoms with van der Waals surface area (Å²) in [6.07, 6.45) is 0. The van der Waals surface area contributed by atoms with Crippen LogP contribution in [-0.4, -0.2) is 43.7 Å². The fourth-order valence-electron chi connectivity index (χ4n) is 4.05. The Bertz CT molecular complexity index is 1310. The molecular formula is C26H24BrN3O6S. The Hall–Kier alpha value is -3.62. The molecule has 0 saturated heterocycles. The largest absolute Gasteiger partial charge is 0.468 e. The number of amides is 2. The van der Waals surface area contributed by atoms with Crippen molar-refractivity contribution < 1.29 is 28.7 Å². The summed E-state index contributed by atoms with van der Waals surface area (Å²) in [6, 6.07) is 11.9. The summed E-state index contributed by atoms with van der Waals surface area (Å²) in [7, 11) is 2.41. The van der Waals surface area contributed by atoms with E-state index < -0.39 is 29.7 Å². The van der Waals surface area contributed by atoms with E-state index in [0.29, 0.717) is 11.3 Å². The van der Waals surface area contributed by atoms with Crippen LogP contribution >= 0.6 is 27.7 Å². The van der Waals surface area contributed by atoms with Gasteiger partial charge in [-0.25, -0.2) is 4.79 Å². The van der Waals surface area contributed by atoms with Crippen molar-refractivity contribution in [3.05, 3.63) is 73.7 Å². The molecule has 0 aromatic heterocycles. The fourth-order valence-corrected chi connectivity index (χ4v) is 5.58. The van der Waals surface area contributed by atoms with Crippen molar-refractivity contribution in [2.75, 3.05) is 25.3 Å². The molecule has 0 radical (unpaired) electrons. The maximum atomic E-state index is 13.0. The molecule has 0 saturated carbocycles. The van der Waals surface area contributed by atoms with Gasteiger partial charge in [0.2, 0.25) is 11.8 Å². The summed E-state index contributed by atoms with van der Waals surface area (Å²) in [5.74, 6) is -4.73. The minimum absolute atomic E-state index is 0.0906. The molecule has 0 aliphatic carbocycles. The number of benzene rings is 2. The predicted molar refractivity (Wildman–Crippen MR) is 142 cm³/mol. The number of thioether (sulfide) groups is 1. The molecule has 1 heterocycles. The third-order valence-corrected chi connectivity index (χ3v) is 7.26. The standard InChI is InChI=1S/C26H24BrN3O6S/c1-13-9-17(27)10-14(2)22(13)29-19(31)12-37-24-18(11-28)20(21(23(32)30-24)26(34)36-4)15-5-7-16(8-6-15)25(33)35-3/h5-10,20-21H,12H2,1-4H3,(H,29,31)(H,30,32)/t20-,21-/m0/s1. The highest BCUT2D eigenvalue weighted by atomic mass is 79.9. The summed E-state index contributed by atoms with van der Waals surface area (Å²) < 4.78 is 10.4. The minimum atomic E-state index is -1.32. The summed E-state index contributed by atoms with van der Waals surface area (Å²) in [6.45, 7) is 3.75. The molecule has 9 nitrogen and oxygen atoms in total. The number of hydrogen-bond donors (Lipinski definition) is 2. The van der Waals surface area contributed by atoms with Gasteiger partial charge in [0.15, 0.2) is 0 Å². The van der Waals surface area contributed by atoms with E-state index >= 15 is 0 Å². The maximum absolute atomic E-state index is 13.0. The first-order valence-corrected chi connectivity index (χ1v) is 12.8. The Morgan fingerprint density at radius 2 is 1.73 bits per heavy atom. The first-order chi connectivity index (χ1) is 17.6. The van der Waals surface area contributed by atoms with Gasteiger partial charge in [0.25, 0.3) is 0 Å². The summed E-state index contributed by atoms with van der Waals surface area (Å²) in [5.41, 5.74) is 3.28. The number of nitriles is 1.